The van der Waals surface area contributed by atoms with E-state index in [1.165, 1.54) is 0 Å². The van der Waals surface area contributed by atoms with Gasteiger partial charge >= 0.3 is 0 Å². The number of aryl methyl sites for hydroxylation is 1. The molecule has 1 aromatic heterocycles. The highest BCUT2D eigenvalue weighted by Gasteiger charge is 2.54. The Morgan fingerprint density at radius 3 is 2.65 bits per heavy atom. The van der Waals surface area contributed by atoms with Gasteiger partial charge < -0.3 is 5.32 Å². The van der Waals surface area contributed by atoms with E-state index in [-0.39, 0.29) is 6.04 Å². The molecule has 0 amide bonds. The number of rotatable bonds is 3. The summed E-state index contributed by atoms with van der Waals surface area (Å²) in [7, 11) is -3.38. The van der Waals surface area contributed by atoms with Crippen molar-refractivity contribution in [2.75, 3.05) is 13.1 Å². The van der Waals surface area contributed by atoms with E-state index in [0.29, 0.717) is 20.4 Å². The quantitative estimate of drug-likeness (QED) is 0.880. The molecule has 0 bridgehead atoms. The summed E-state index contributed by atoms with van der Waals surface area (Å²) in [6.45, 7) is 3.65. The number of halogens is 1. The Balaban J connectivity index is 1.78. The standard InChI is InChI=1S/C10H13ClN2O2S2/c1-5-2-8(16-10(5)11)17(14,15)13-9-6-3-12-4-7(6)9/h2,6-7,9,12-13H,3-4H2,1H3. The van der Waals surface area contributed by atoms with Gasteiger partial charge in [0.1, 0.15) is 4.21 Å². The Hall–Kier alpha value is -0.140. The molecule has 2 fully saturated rings. The monoisotopic (exact) mass is 292 g/mol. The van der Waals surface area contributed by atoms with Crippen molar-refractivity contribution in [3.63, 3.8) is 0 Å². The summed E-state index contributed by atoms with van der Waals surface area (Å²) in [4.78, 5) is 0. The Kier molecular flexibility index (Phi) is 2.75. The molecule has 2 aliphatic rings. The van der Waals surface area contributed by atoms with Crippen molar-refractivity contribution < 1.29 is 8.42 Å². The first kappa shape index (κ1) is 11.9. The van der Waals surface area contributed by atoms with Gasteiger partial charge in [0.2, 0.25) is 10.0 Å². The van der Waals surface area contributed by atoms with Gasteiger partial charge in [-0.3, -0.25) is 0 Å². The van der Waals surface area contributed by atoms with Crippen LogP contribution in [0.25, 0.3) is 0 Å². The zero-order chi connectivity index (χ0) is 12.2. The lowest BCUT2D eigenvalue weighted by atomic mass is 10.4. The number of hydrogen-bond donors (Lipinski definition) is 2. The van der Waals surface area contributed by atoms with Crippen LogP contribution in [0.2, 0.25) is 4.34 Å². The van der Waals surface area contributed by atoms with Crippen LogP contribution in [0, 0.1) is 18.8 Å². The van der Waals surface area contributed by atoms with E-state index in [1.807, 2.05) is 6.92 Å². The second kappa shape index (κ2) is 3.93. The van der Waals surface area contributed by atoms with Crippen molar-refractivity contribution in [3.05, 3.63) is 16.0 Å². The zero-order valence-electron chi connectivity index (χ0n) is 9.23. The first-order valence-electron chi connectivity index (χ1n) is 5.48. The van der Waals surface area contributed by atoms with E-state index in [2.05, 4.69) is 10.0 Å². The molecule has 2 heterocycles. The number of nitrogens with one attached hydrogen (secondary N) is 2. The minimum Gasteiger partial charge on any atom is -0.316 e. The summed E-state index contributed by atoms with van der Waals surface area (Å²) in [5.41, 5.74) is 0.815. The lowest BCUT2D eigenvalue weighted by molar-refractivity contribution is 0.567. The van der Waals surface area contributed by atoms with Crippen molar-refractivity contribution in [3.8, 4) is 0 Å². The third-order valence-corrected chi connectivity index (χ3v) is 6.97. The largest absolute Gasteiger partial charge is 0.316 e. The second-order valence-electron chi connectivity index (χ2n) is 4.66. The van der Waals surface area contributed by atoms with Gasteiger partial charge in [-0.1, -0.05) is 11.6 Å². The number of fused-ring (bicyclic) bond motifs is 1. The van der Waals surface area contributed by atoms with E-state index < -0.39 is 10.0 Å². The maximum Gasteiger partial charge on any atom is 0.250 e. The molecule has 3 rings (SSSR count). The molecule has 2 unspecified atom stereocenters. The van der Waals surface area contributed by atoms with Gasteiger partial charge in [-0.05, 0) is 43.5 Å². The molecular formula is C10H13ClN2O2S2. The normalized spacial score (nSPS) is 31.5. The smallest absolute Gasteiger partial charge is 0.250 e. The highest BCUT2D eigenvalue weighted by atomic mass is 35.5. The van der Waals surface area contributed by atoms with Crippen molar-refractivity contribution in [1.29, 1.82) is 0 Å². The Bertz CT molecular complexity index is 525. The minimum atomic E-state index is -3.38. The maximum atomic E-state index is 12.1. The van der Waals surface area contributed by atoms with Crippen molar-refractivity contribution in [1.82, 2.24) is 10.0 Å². The molecular weight excluding hydrogens is 280 g/mol. The van der Waals surface area contributed by atoms with Crippen molar-refractivity contribution >= 4 is 33.0 Å². The average Bonchev–Trinajstić information content (AvgIpc) is 2.69. The predicted octanol–water partition coefficient (Wildman–Crippen LogP) is 1.21. The summed E-state index contributed by atoms with van der Waals surface area (Å²) in [5, 5.41) is 3.24. The summed E-state index contributed by atoms with van der Waals surface area (Å²) < 4.78 is 27.8. The van der Waals surface area contributed by atoms with Crippen molar-refractivity contribution in [2.24, 2.45) is 11.8 Å². The maximum absolute atomic E-state index is 12.1. The van der Waals surface area contributed by atoms with Crippen LogP contribution in [0.4, 0.5) is 0 Å². The van der Waals surface area contributed by atoms with Crippen LogP contribution >= 0.6 is 22.9 Å². The van der Waals surface area contributed by atoms with Gasteiger partial charge in [0.25, 0.3) is 0 Å². The predicted molar refractivity (Wildman–Crippen MR) is 68.0 cm³/mol. The molecule has 2 atom stereocenters. The third kappa shape index (κ3) is 2.02. The van der Waals surface area contributed by atoms with Gasteiger partial charge in [0.15, 0.2) is 0 Å². The lowest BCUT2D eigenvalue weighted by Gasteiger charge is -2.06. The van der Waals surface area contributed by atoms with E-state index in [9.17, 15) is 8.42 Å². The van der Waals surface area contributed by atoms with Gasteiger partial charge in [0.05, 0.1) is 4.34 Å². The highest BCUT2D eigenvalue weighted by molar-refractivity contribution is 7.91. The summed E-state index contributed by atoms with van der Waals surface area (Å²) in [5.74, 6) is 0.947. The van der Waals surface area contributed by atoms with E-state index in [4.69, 9.17) is 11.6 Å². The molecule has 1 aliphatic carbocycles. The zero-order valence-corrected chi connectivity index (χ0v) is 11.6. The summed E-state index contributed by atoms with van der Waals surface area (Å²) >= 11 is 7.02. The summed E-state index contributed by atoms with van der Waals surface area (Å²) in [6.07, 6.45) is 0. The number of hydrogen-bond acceptors (Lipinski definition) is 4. The molecule has 94 valence electrons. The fourth-order valence-electron chi connectivity index (χ4n) is 2.39. The van der Waals surface area contributed by atoms with E-state index >= 15 is 0 Å². The molecule has 1 aromatic rings. The number of piperidine rings is 1. The van der Waals surface area contributed by atoms with Crippen LogP contribution in [0.15, 0.2) is 10.3 Å². The molecule has 1 saturated heterocycles. The minimum absolute atomic E-state index is 0.113. The van der Waals surface area contributed by atoms with Crippen molar-refractivity contribution in [2.45, 2.75) is 17.2 Å². The average molecular weight is 293 g/mol. The highest BCUT2D eigenvalue weighted by Crippen LogP contribution is 2.43. The van der Waals surface area contributed by atoms with Crippen LogP contribution in [-0.4, -0.2) is 27.5 Å². The van der Waals surface area contributed by atoms with Gasteiger partial charge in [-0.2, -0.15) is 0 Å². The Morgan fingerprint density at radius 2 is 2.12 bits per heavy atom. The number of sulfonamides is 1. The molecule has 4 nitrogen and oxygen atoms in total. The van der Waals surface area contributed by atoms with Crippen LogP contribution in [-0.2, 0) is 10.0 Å². The van der Waals surface area contributed by atoms with E-state index in [0.717, 1.165) is 30.0 Å². The van der Waals surface area contributed by atoms with Gasteiger partial charge in [-0.25, -0.2) is 13.1 Å². The molecule has 0 aromatic carbocycles. The Morgan fingerprint density at radius 1 is 1.47 bits per heavy atom. The fraction of sp³-hybridized carbons (Fsp3) is 0.600. The molecule has 1 aliphatic heterocycles. The first-order chi connectivity index (χ1) is 7.99. The van der Waals surface area contributed by atoms with Crippen LogP contribution in [0.1, 0.15) is 5.56 Å². The fourth-order valence-corrected chi connectivity index (χ4v) is 5.46. The van der Waals surface area contributed by atoms with Crippen LogP contribution in [0.5, 0.6) is 0 Å². The second-order valence-corrected chi connectivity index (χ2v) is 8.25. The number of thiophene rings is 1. The van der Waals surface area contributed by atoms with Crippen LogP contribution in [0.3, 0.4) is 0 Å². The van der Waals surface area contributed by atoms with Gasteiger partial charge in [-0.15, -0.1) is 11.3 Å². The Labute approximate surface area is 109 Å². The molecule has 0 spiro atoms. The van der Waals surface area contributed by atoms with E-state index in [1.54, 1.807) is 6.07 Å². The lowest BCUT2D eigenvalue weighted by Crippen LogP contribution is -2.32. The SMILES string of the molecule is Cc1cc(S(=O)(=O)NC2C3CNCC32)sc1Cl. The first-order valence-corrected chi connectivity index (χ1v) is 8.16. The topological polar surface area (TPSA) is 58.2 Å². The molecule has 0 radical (unpaired) electrons. The molecule has 7 heteroatoms. The molecule has 2 N–H and O–H groups in total. The molecule has 1 saturated carbocycles. The summed E-state index contributed by atoms with van der Waals surface area (Å²) in [6, 6.07) is 1.74. The van der Waals surface area contributed by atoms with Crippen LogP contribution < -0.4 is 10.0 Å². The van der Waals surface area contributed by atoms with Gasteiger partial charge in [0, 0.05) is 6.04 Å². The third-order valence-electron chi connectivity index (χ3n) is 3.48. The molecule has 17 heavy (non-hydrogen) atoms.